The van der Waals surface area contributed by atoms with Crippen molar-refractivity contribution in [1.29, 1.82) is 0 Å². The molecule has 2 amide bonds. The Morgan fingerprint density at radius 2 is 1.91 bits per heavy atom. The number of thiophene rings is 1. The van der Waals surface area contributed by atoms with Crippen LogP contribution in [0.3, 0.4) is 0 Å². The second kappa shape index (κ2) is 14.8. The Bertz CT molecular complexity index is 2240. The summed E-state index contributed by atoms with van der Waals surface area (Å²) in [7, 11) is 3.15. The zero-order valence-electron chi connectivity index (χ0n) is 30.3. The van der Waals surface area contributed by atoms with Crippen LogP contribution in [0.15, 0.2) is 54.6 Å². The van der Waals surface area contributed by atoms with Gasteiger partial charge in [-0.1, -0.05) is 6.58 Å². The van der Waals surface area contributed by atoms with E-state index in [1.54, 1.807) is 11.9 Å². The average Bonchev–Trinajstić information content (AvgIpc) is 3.83. The Hall–Kier alpha value is -5.05. The molecule has 0 saturated heterocycles. The number of nitrogens with zero attached hydrogens (tertiary/aromatic N) is 6. The lowest BCUT2D eigenvalue weighted by Gasteiger charge is -2.36. The van der Waals surface area contributed by atoms with Crippen LogP contribution in [-0.4, -0.2) is 88.4 Å². The number of carbonyl (C=O) groups is 2. The predicted molar refractivity (Wildman–Crippen MR) is 200 cm³/mol. The van der Waals surface area contributed by atoms with E-state index in [-0.39, 0.29) is 61.0 Å². The summed E-state index contributed by atoms with van der Waals surface area (Å²) in [4.78, 5) is 39.2. The van der Waals surface area contributed by atoms with Crippen molar-refractivity contribution in [3.05, 3.63) is 83.1 Å². The van der Waals surface area contributed by atoms with Gasteiger partial charge in [-0.15, -0.1) is 11.3 Å². The fourth-order valence-electron chi connectivity index (χ4n) is 7.40. The zero-order valence-corrected chi connectivity index (χ0v) is 31.1. The number of hydrogen-bond donors (Lipinski definition) is 1. The van der Waals surface area contributed by atoms with E-state index in [2.05, 4.69) is 29.8 Å². The fourth-order valence-corrected chi connectivity index (χ4v) is 8.35. The van der Waals surface area contributed by atoms with Crippen molar-refractivity contribution in [1.82, 2.24) is 34.9 Å². The summed E-state index contributed by atoms with van der Waals surface area (Å²) in [5, 5.41) is 10.4. The molecule has 0 bridgehead atoms. The molecule has 2 aliphatic heterocycles. The molecule has 53 heavy (non-hydrogen) atoms. The summed E-state index contributed by atoms with van der Waals surface area (Å²) in [6, 6.07) is 7.33. The van der Waals surface area contributed by atoms with Crippen LogP contribution in [0.5, 0.6) is 5.75 Å². The molecular weight excluding hydrogens is 701 g/mol. The SMILES string of the molecule is C=CC(=O)N1C[C@H](C)n2nc(-c3nc(-c4cnc5c(c4)[C@@H](C)N(CC(=O)NC)CC5)c4ccsc4c3-c3c(F)cc(F)cc3OCCOC)cc2[C@H]1C. The van der Waals surface area contributed by atoms with Crippen molar-refractivity contribution < 1.29 is 27.8 Å². The largest absolute Gasteiger partial charge is 0.490 e. The highest BCUT2D eigenvalue weighted by molar-refractivity contribution is 7.18. The molecule has 1 aromatic carbocycles. The quantitative estimate of drug-likeness (QED) is 0.127. The van der Waals surface area contributed by atoms with Gasteiger partial charge in [-0.25, -0.2) is 13.8 Å². The fraction of sp³-hybridized carbons (Fsp3) is 0.359. The lowest BCUT2D eigenvalue weighted by Crippen LogP contribution is -2.42. The van der Waals surface area contributed by atoms with Gasteiger partial charge in [-0.2, -0.15) is 5.10 Å². The number of fused-ring (bicyclic) bond motifs is 3. The van der Waals surface area contributed by atoms with E-state index in [1.807, 2.05) is 42.2 Å². The number of methoxy groups -OCH3 is 1. The summed E-state index contributed by atoms with van der Waals surface area (Å²) in [6.45, 7) is 11.3. The van der Waals surface area contributed by atoms with E-state index >= 15 is 4.39 Å². The van der Waals surface area contributed by atoms with E-state index in [4.69, 9.17) is 24.5 Å². The molecule has 0 radical (unpaired) electrons. The maximum absolute atomic E-state index is 16.3. The summed E-state index contributed by atoms with van der Waals surface area (Å²) in [5.74, 6) is -1.82. The average molecular weight is 742 g/mol. The van der Waals surface area contributed by atoms with Gasteiger partial charge in [-0.05, 0) is 56.0 Å². The first-order chi connectivity index (χ1) is 25.5. The monoisotopic (exact) mass is 741 g/mol. The Balaban J connectivity index is 1.46. The van der Waals surface area contributed by atoms with Crippen molar-refractivity contribution in [3.63, 3.8) is 0 Å². The molecule has 0 aliphatic carbocycles. The second-order valence-electron chi connectivity index (χ2n) is 13.4. The zero-order chi connectivity index (χ0) is 37.6. The molecule has 7 rings (SSSR count). The Morgan fingerprint density at radius 3 is 2.66 bits per heavy atom. The van der Waals surface area contributed by atoms with Crippen molar-refractivity contribution >= 4 is 33.2 Å². The molecule has 0 spiro atoms. The molecule has 2 aliphatic rings. The lowest BCUT2D eigenvalue weighted by molar-refractivity contribution is -0.129. The summed E-state index contributed by atoms with van der Waals surface area (Å²) < 4.78 is 44.8. The number of rotatable bonds is 10. The summed E-state index contributed by atoms with van der Waals surface area (Å²) in [6.07, 6.45) is 3.81. The molecule has 3 atom stereocenters. The Kier molecular flexibility index (Phi) is 10.1. The number of nitrogens with one attached hydrogen (secondary N) is 1. The molecule has 0 saturated carbocycles. The number of carbonyl (C=O) groups excluding carboxylic acids is 2. The lowest BCUT2D eigenvalue weighted by atomic mass is 9.93. The highest BCUT2D eigenvalue weighted by Gasteiger charge is 2.34. The number of ether oxygens (including phenoxy) is 2. The molecule has 276 valence electrons. The first-order valence-electron chi connectivity index (χ1n) is 17.5. The van der Waals surface area contributed by atoms with Crippen molar-refractivity contribution in [3.8, 4) is 39.5 Å². The molecule has 0 unspecified atom stereocenters. The molecule has 0 fully saturated rings. The van der Waals surface area contributed by atoms with E-state index in [9.17, 15) is 14.0 Å². The van der Waals surface area contributed by atoms with Gasteiger partial charge < -0.3 is 19.7 Å². The first kappa shape index (κ1) is 36.3. The number of benzene rings is 1. The third kappa shape index (κ3) is 6.59. The first-order valence-corrected chi connectivity index (χ1v) is 18.4. The summed E-state index contributed by atoms with van der Waals surface area (Å²) in [5.41, 5.74) is 5.40. The van der Waals surface area contributed by atoms with E-state index < -0.39 is 11.6 Å². The highest BCUT2D eigenvalue weighted by Crippen LogP contribution is 2.48. The van der Waals surface area contributed by atoms with Gasteiger partial charge in [-0.3, -0.25) is 24.2 Å². The maximum atomic E-state index is 16.3. The Morgan fingerprint density at radius 1 is 1.09 bits per heavy atom. The molecule has 5 aromatic rings. The molecule has 11 nitrogen and oxygen atoms in total. The molecule has 6 heterocycles. The van der Waals surface area contributed by atoms with Crippen LogP contribution < -0.4 is 10.1 Å². The van der Waals surface area contributed by atoms with Crippen molar-refractivity contribution in [2.24, 2.45) is 0 Å². The van der Waals surface area contributed by atoms with Gasteiger partial charge in [0.2, 0.25) is 11.8 Å². The van der Waals surface area contributed by atoms with Gasteiger partial charge in [0.05, 0.1) is 42.2 Å². The van der Waals surface area contributed by atoms with Gasteiger partial charge in [0, 0.05) is 84.9 Å². The van der Waals surface area contributed by atoms with Gasteiger partial charge in [0.25, 0.3) is 0 Å². The van der Waals surface area contributed by atoms with Crippen LogP contribution in [0.2, 0.25) is 0 Å². The minimum absolute atomic E-state index is 0.0130. The van der Waals surface area contributed by atoms with Crippen LogP contribution >= 0.6 is 11.3 Å². The van der Waals surface area contributed by atoms with Gasteiger partial charge in [0.15, 0.2) is 0 Å². The van der Waals surface area contributed by atoms with Crippen LogP contribution in [0.1, 0.15) is 55.8 Å². The number of halogens is 2. The molecule has 1 N–H and O–H groups in total. The maximum Gasteiger partial charge on any atom is 0.246 e. The second-order valence-corrected chi connectivity index (χ2v) is 14.3. The van der Waals surface area contributed by atoms with E-state index in [0.29, 0.717) is 46.9 Å². The smallest absolute Gasteiger partial charge is 0.246 e. The van der Waals surface area contributed by atoms with Crippen molar-refractivity contribution in [2.75, 3.05) is 47.0 Å². The number of amides is 2. The van der Waals surface area contributed by atoms with Gasteiger partial charge >= 0.3 is 0 Å². The predicted octanol–water partition coefficient (Wildman–Crippen LogP) is 6.51. The minimum Gasteiger partial charge on any atom is -0.490 e. The molecular formula is C39H41F2N7O4S. The van der Waals surface area contributed by atoms with Crippen LogP contribution in [0, 0.1) is 11.6 Å². The minimum atomic E-state index is -0.808. The van der Waals surface area contributed by atoms with E-state index in [1.165, 1.54) is 30.6 Å². The molecule has 4 aromatic heterocycles. The molecule has 14 heteroatoms. The third-order valence-electron chi connectivity index (χ3n) is 10.2. The highest BCUT2D eigenvalue weighted by atomic mass is 32.1. The topological polar surface area (TPSA) is 115 Å². The summed E-state index contributed by atoms with van der Waals surface area (Å²) >= 11 is 1.41. The van der Waals surface area contributed by atoms with Crippen molar-refractivity contribution in [2.45, 2.75) is 45.3 Å². The van der Waals surface area contributed by atoms with E-state index in [0.717, 1.165) is 34.0 Å². The Labute approximate surface area is 310 Å². The number of hydrogen-bond acceptors (Lipinski definition) is 9. The standard InChI is InChI=1S/C39H41F2N7O4S/c1-7-34(50)47-19-21(2)48-31(23(47)4)17-30(45-48)38-36(35-28(41)15-25(40)16-32(35)52-12-11-51-6)39-26(9-13-53-39)37(44-38)24-14-27-22(3)46(20-33(49)42-5)10-8-29(27)43-18-24/h7,9,13-18,21-23H,1,8,10-12,19-20H2,2-6H3,(H,42,49)/t21-,22+,23+/m0/s1. The number of likely N-dealkylation sites (N-methyl/N-ethyl adjacent to an activating group) is 1. The normalized spacial score (nSPS) is 18.5. The van der Waals surface area contributed by atoms with Crippen LogP contribution in [0.25, 0.3) is 43.9 Å². The number of aromatic nitrogens is 4. The van der Waals surface area contributed by atoms with Crippen LogP contribution in [-0.2, 0) is 20.7 Å². The van der Waals surface area contributed by atoms with Gasteiger partial charge in [0.1, 0.15) is 35.4 Å². The van der Waals surface area contributed by atoms with Crippen LogP contribution in [0.4, 0.5) is 8.78 Å². The third-order valence-corrected chi connectivity index (χ3v) is 11.1. The number of pyridine rings is 2.